The number of imidazole rings is 1. The van der Waals surface area contributed by atoms with Gasteiger partial charge in [0.2, 0.25) is 15.8 Å². The average molecular weight is 817 g/mol. The number of β-lactam (4-membered cyclic amide) rings is 1. The van der Waals surface area contributed by atoms with Crippen molar-refractivity contribution in [2.75, 3.05) is 12.8 Å². The Morgan fingerprint density at radius 2 is 1.62 bits per heavy atom. The first-order valence-electron chi connectivity index (χ1n) is 16.5. The highest BCUT2D eigenvalue weighted by molar-refractivity contribution is 7.98. The fourth-order valence-electron chi connectivity index (χ4n) is 6.57. The SMILES string of the molecule is CSc1c2sc(C3=C(C(=O)OCc4ccc([N+](=O)[O-])cc4)N4C(=O)[C@H]([C@@H](C)O)[C@H]4[C@H]3C)cn2c[n+]1CCNS(=O)(=O)NC(=O)OCc1ccc([N+](=O)[O-])cc1. The topological polar surface area (TPSA) is 246 Å². The molecular formula is C33H34N7O12S3+. The van der Waals surface area contributed by atoms with Crippen molar-refractivity contribution in [1.82, 2.24) is 18.7 Å². The Bertz CT molecular complexity index is 2320. The number of benzene rings is 2. The van der Waals surface area contributed by atoms with Crippen LogP contribution in [0.1, 0.15) is 29.9 Å². The molecule has 4 heterocycles. The van der Waals surface area contributed by atoms with Crippen LogP contribution >= 0.6 is 23.1 Å². The van der Waals surface area contributed by atoms with E-state index in [1.165, 1.54) is 83.5 Å². The van der Waals surface area contributed by atoms with E-state index >= 15 is 0 Å². The van der Waals surface area contributed by atoms with Gasteiger partial charge < -0.3 is 19.5 Å². The molecule has 290 valence electrons. The molecule has 0 bridgehead atoms. The molecule has 0 spiro atoms. The summed E-state index contributed by atoms with van der Waals surface area (Å²) < 4.78 is 43.3. The largest absolute Gasteiger partial charge is 0.456 e. The Labute approximate surface area is 321 Å². The van der Waals surface area contributed by atoms with E-state index in [-0.39, 0.29) is 49.3 Å². The van der Waals surface area contributed by atoms with E-state index in [0.717, 1.165) is 9.86 Å². The van der Waals surface area contributed by atoms with E-state index in [1.54, 1.807) is 17.2 Å². The molecule has 2 aromatic heterocycles. The standard InChI is InChI=1S/C33H33N7O12S3/c1-18-25(28(38-27(18)26(19(2)41)29(38)42)32(43)51-15-20-4-8-22(9-5-20)39(45)46)24-14-37-17-36(30(53-3)31(37)54-24)13-12-34-55(49,50)35-33(44)52-16-21-6-10-23(11-7-21)40(47)48/h4-11,14,17-19,26-27,34,41H,12-13,15-16H2,1-3H3/p+1/t18-,19+,26+,27+/m0/s1. The highest BCUT2D eigenvalue weighted by Gasteiger charge is 2.60. The molecule has 0 unspecified atom stereocenters. The Kier molecular flexibility index (Phi) is 11.2. The minimum Gasteiger partial charge on any atom is -0.456 e. The van der Waals surface area contributed by atoms with Gasteiger partial charge in [-0.1, -0.05) is 30.0 Å². The fraction of sp³-hybridized carbons (Fsp3) is 0.333. The number of fused-ring (bicyclic) bond motifs is 2. The molecular weight excluding hydrogens is 783 g/mol. The number of aliphatic hydroxyl groups is 1. The monoisotopic (exact) mass is 816 g/mol. The first-order valence-corrected chi connectivity index (χ1v) is 20.0. The number of nitrogens with zero attached hydrogens (tertiary/aromatic N) is 5. The van der Waals surface area contributed by atoms with E-state index < -0.39 is 56.1 Å². The van der Waals surface area contributed by atoms with E-state index in [0.29, 0.717) is 21.6 Å². The number of nitro groups is 2. The van der Waals surface area contributed by atoms with Crippen molar-refractivity contribution < 1.29 is 51.8 Å². The van der Waals surface area contributed by atoms with Gasteiger partial charge in [-0.25, -0.2) is 18.9 Å². The molecule has 4 aromatic rings. The summed E-state index contributed by atoms with van der Waals surface area (Å²) in [5.74, 6) is -2.22. The summed E-state index contributed by atoms with van der Waals surface area (Å²) in [6.07, 6.45) is 3.19. The molecule has 0 aliphatic carbocycles. The maximum Gasteiger partial charge on any atom is 0.422 e. The molecule has 2 aromatic carbocycles. The summed E-state index contributed by atoms with van der Waals surface area (Å²) in [7, 11) is -4.31. The van der Waals surface area contributed by atoms with Crippen LogP contribution in [0.3, 0.4) is 0 Å². The van der Waals surface area contributed by atoms with E-state index in [9.17, 15) is 48.1 Å². The van der Waals surface area contributed by atoms with Crippen LogP contribution in [0.2, 0.25) is 0 Å². The summed E-state index contributed by atoms with van der Waals surface area (Å²) in [5.41, 5.74) is 1.31. The predicted octanol–water partition coefficient (Wildman–Crippen LogP) is 2.90. The zero-order valence-electron chi connectivity index (χ0n) is 29.3. The number of thiazole rings is 1. The van der Waals surface area contributed by atoms with Crippen LogP contribution in [0, 0.1) is 32.1 Å². The molecule has 4 atom stereocenters. The van der Waals surface area contributed by atoms with Gasteiger partial charge in [-0.3, -0.25) is 25.0 Å². The number of amides is 2. The van der Waals surface area contributed by atoms with Crippen LogP contribution in [0.15, 0.2) is 71.8 Å². The number of nitro benzene ring substituents is 2. The number of nitrogens with one attached hydrogen (secondary N) is 2. The molecule has 0 radical (unpaired) electrons. The lowest BCUT2D eigenvalue weighted by atomic mass is 9.77. The zero-order chi connectivity index (χ0) is 39.8. The second-order valence-electron chi connectivity index (χ2n) is 12.6. The number of rotatable bonds is 15. The first-order chi connectivity index (χ1) is 26.1. The third kappa shape index (κ3) is 8.03. The van der Waals surface area contributed by atoms with Gasteiger partial charge in [0.1, 0.15) is 31.7 Å². The Hall–Kier alpha value is -5.42. The van der Waals surface area contributed by atoms with Gasteiger partial charge in [0.05, 0.1) is 39.3 Å². The van der Waals surface area contributed by atoms with Crippen molar-refractivity contribution in [2.24, 2.45) is 11.8 Å². The zero-order valence-corrected chi connectivity index (χ0v) is 31.8. The van der Waals surface area contributed by atoms with E-state index in [2.05, 4.69) is 4.72 Å². The van der Waals surface area contributed by atoms with Crippen molar-refractivity contribution in [1.29, 1.82) is 0 Å². The maximum absolute atomic E-state index is 13.7. The number of hydrogen-bond acceptors (Lipinski definition) is 14. The molecule has 2 aliphatic heterocycles. The Morgan fingerprint density at radius 3 is 2.16 bits per heavy atom. The van der Waals surface area contributed by atoms with Crippen molar-refractivity contribution >= 4 is 73.1 Å². The fourth-order valence-corrected chi connectivity index (χ4v) is 9.49. The lowest BCUT2D eigenvalue weighted by molar-refractivity contribution is -0.727. The summed E-state index contributed by atoms with van der Waals surface area (Å²) in [5, 5.41) is 33.0. The second kappa shape index (κ2) is 15.7. The van der Waals surface area contributed by atoms with E-state index in [1.807, 2.05) is 22.1 Å². The molecule has 22 heteroatoms. The van der Waals surface area contributed by atoms with Gasteiger partial charge in [0.15, 0.2) is 0 Å². The molecule has 2 amide bonds. The molecule has 1 saturated heterocycles. The van der Waals surface area contributed by atoms with Crippen molar-refractivity contribution in [3.05, 3.63) is 103 Å². The summed E-state index contributed by atoms with van der Waals surface area (Å²) in [6, 6.07) is 10.3. The first kappa shape index (κ1) is 39.3. The number of thioether (sulfide) groups is 1. The molecule has 1 fully saturated rings. The van der Waals surface area contributed by atoms with Crippen molar-refractivity contribution in [3.8, 4) is 0 Å². The molecule has 0 saturated carbocycles. The number of aliphatic hydroxyl groups excluding tert-OH is 1. The smallest absolute Gasteiger partial charge is 0.422 e. The van der Waals surface area contributed by atoms with E-state index in [4.69, 9.17) is 9.47 Å². The molecule has 55 heavy (non-hydrogen) atoms. The Morgan fingerprint density at radius 1 is 1.04 bits per heavy atom. The highest BCUT2D eigenvalue weighted by atomic mass is 32.2. The second-order valence-corrected chi connectivity index (χ2v) is 16.0. The molecule has 2 aliphatic rings. The third-order valence-corrected chi connectivity index (χ3v) is 12.2. The minimum atomic E-state index is -4.31. The lowest BCUT2D eigenvalue weighted by Crippen LogP contribution is -2.63. The van der Waals surface area contributed by atoms with Crippen LogP contribution in [-0.2, 0) is 49.0 Å². The highest BCUT2D eigenvalue weighted by Crippen LogP contribution is 2.52. The summed E-state index contributed by atoms with van der Waals surface area (Å²) in [6.45, 7) is 2.95. The number of non-ortho nitro benzene ring substituents is 2. The Balaban J connectivity index is 1.15. The van der Waals surface area contributed by atoms with Crippen LogP contribution in [0.5, 0.6) is 0 Å². The molecule has 6 rings (SSSR count). The normalized spacial score (nSPS) is 18.5. The summed E-state index contributed by atoms with van der Waals surface area (Å²) >= 11 is 2.75. The van der Waals surface area contributed by atoms with Crippen LogP contribution < -0.4 is 14.0 Å². The van der Waals surface area contributed by atoms with Gasteiger partial charge in [0.25, 0.3) is 17.7 Å². The van der Waals surface area contributed by atoms with Gasteiger partial charge in [-0.05, 0) is 48.6 Å². The molecule has 3 N–H and O–H groups in total. The number of ether oxygens (including phenoxy) is 2. The number of carbonyl (C=O) groups excluding carboxylic acids is 3. The maximum atomic E-state index is 13.7. The van der Waals surface area contributed by atoms with Gasteiger partial charge in [0, 0.05) is 35.8 Å². The number of aromatic nitrogens is 2. The number of hydrogen-bond donors (Lipinski definition) is 3. The van der Waals surface area contributed by atoms with Crippen LogP contribution in [0.25, 0.3) is 10.4 Å². The number of esters is 1. The van der Waals surface area contributed by atoms with Gasteiger partial charge in [-0.15, -0.1) is 0 Å². The lowest BCUT2D eigenvalue weighted by Gasteiger charge is -2.46. The average Bonchev–Trinajstić information content (AvgIpc) is 3.76. The van der Waals surface area contributed by atoms with Gasteiger partial charge in [-0.2, -0.15) is 17.5 Å². The van der Waals surface area contributed by atoms with Gasteiger partial charge >= 0.3 is 22.3 Å². The van der Waals surface area contributed by atoms with Crippen molar-refractivity contribution in [3.63, 3.8) is 0 Å². The third-order valence-electron chi connectivity index (χ3n) is 9.13. The number of carbonyl (C=O) groups is 3. The van der Waals surface area contributed by atoms with Crippen LogP contribution in [-0.4, -0.2) is 75.6 Å². The van der Waals surface area contributed by atoms with Crippen LogP contribution in [0.4, 0.5) is 16.2 Å². The quantitative estimate of drug-likeness (QED) is 0.0391. The summed E-state index contributed by atoms with van der Waals surface area (Å²) in [4.78, 5) is 62.6. The molecule has 19 nitrogen and oxygen atoms in total. The minimum absolute atomic E-state index is 0.0672. The predicted molar refractivity (Wildman–Crippen MR) is 195 cm³/mol. The van der Waals surface area contributed by atoms with Crippen molar-refractivity contribution in [2.45, 2.75) is 50.8 Å².